The van der Waals surface area contributed by atoms with Gasteiger partial charge >= 0.3 is 0 Å². The highest BCUT2D eigenvalue weighted by Crippen LogP contribution is 2.34. The Hall–Kier alpha value is -4.87. The van der Waals surface area contributed by atoms with E-state index < -0.39 is 37.0 Å². The first kappa shape index (κ1) is 31.1. The van der Waals surface area contributed by atoms with Crippen molar-refractivity contribution in [2.24, 2.45) is 0 Å². The molecule has 2 N–H and O–H groups in total. The topological polar surface area (TPSA) is 69.2 Å². The van der Waals surface area contributed by atoms with Crippen LogP contribution in [0.2, 0.25) is 0 Å². The average Bonchev–Trinajstić information content (AvgIpc) is 3.14. The summed E-state index contributed by atoms with van der Waals surface area (Å²) in [4.78, 5) is 8.72. The van der Waals surface area contributed by atoms with Crippen LogP contribution in [0.1, 0.15) is 68.8 Å². The minimum absolute atomic E-state index is 0.0862. The third-order valence-electron chi connectivity index (χ3n) is 9.60. The van der Waals surface area contributed by atoms with E-state index >= 15 is 4.39 Å². The summed E-state index contributed by atoms with van der Waals surface area (Å²) in [5.74, 6) is -0.525. The zero-order chi connectivity index (χ0) is 36.5. The van der Waals surface area contributed by atoms with E-state index in [0.717, 1.165) is 48.6 Å². The van der Waals surface area contributed by atoms with E-state index in [-0.39, 0.29) is 11.4 Å². The number of anilines is 2. The maximum Gasteiger partial charge on any atom is 0.266 e. The predicted molar refractivity (Wildman–Crippen MR) is 189 cm³/mol. The Morgan fingerprint density at radius 2 is 1.76 bits per heavy atom. The molecular formula is C39H39F4N7. The van der Waals surface area contributed by atoms with Crippen LogP contribution in [0.5, 0.6) is 0 Å². The van der Waals surface area contributed by atoms with Crippen LogP contribution < -0.4 is 15.5 Å². The van der Waals surface area contributed by atoms with Gasteiger partial charge in [0, 0.05) is 60.0 Å². The van der Waals surface area contributed by atoms with Gasteiger partial charge in [0.15, 0.2) is 5.82 Å². The fraction of sp³-hybridized carbons (Fsp3) is 0.308. The highest BCUT2D eigenvalue weighted by Gasteiger charge is 2.23. The Labute approximate surface area is 291 Å². The number of benzene rings is 3. The van der Waals surface area contributed by atoms with Crippen LogP contribution in [-0.4, -0.2) is 46.3 Å². The lowest BCUT2D eigenvalue weighted by Gasteiger charge is -2.32. The molecule has 5 aromatic rings. The normalized spacial score (nSPS) is 19.9. The van der Waals surface area contributed by atoms with Crippen LogP contribution in [0.25, 0.3) is 22.0 Å². The van der Waals surface area contributed by atoms with Crippen LogP contribution >= 0.6 is 0 Å². The number of pyridine rings is 1. The smallest absolute Gasteiger partial charge is 0.266 e. The van der Waals surface area contributed by atoms with Crippen molar-refractivity contribution in [3.8, 4) is 11.3 Å². The molecule has 2 aliphatic rings. The molecule has 7 nitrogen and oxygen atoms in total. The second-order valence-corrected chi connectivity index (χ2v) is 12.8. The Morgan fingerprint density at radius 3 is 2.52 bits per heavy atom. The molecule has 0 saturated carbocycles. The van der Waals surface area contributed by atoms with E-state index in [1.165, 1.54) is 23.8 Å². The first-order valence-electron chi connectivity index (χ1n) is 17.9. The summed E-state index contributed by atoms with van der Waals surface area (Å²) < 4.78 is 72.9. The standard InChI is InChI=1S/C39H39F4N7/c1-24(31-5-3-6-32(37(31)41)38(42)43)46-39-33-20-36(45-21-34(33)25(2)47-48-39)28-9-12-35(40)29(19-28)22-49-17-13-27(14-18-49)26-7-10-30(11-8-26)50-16-4-15-44-23-50/h3-12,16,19-21,24,27,38,44H,13-15,17-18,22-23H2,1-2H3,(H,46,48)/i15D,23D/t15?,23-,24?/m1/s1. The molecule has 0 spiro atoms. The average molecular weight is 684 g/mol. The molecule has 7 rings (SSSR count). The molecule has 4 heterocycles. The van der Waals surface area contributed by atoms with Gasteiger partial charge in [-0.3, -0.25) is 15.2 Å². The van der Waals surface area contributed by atoms with E-state index in [2.05, 4.69) is 42.8 Å². The summed E-state index contributed by atoms with van der Waals surface area (Å²) in [5.41, 5.74) is 4.09. The molecule has 50 heavy (non-hydrogen) atoms. The Kier molecular flexibility index (Phi) is 9.06. The SMILES string of the molecule is [2H]C1C=CN(c2ccc(C3CCN(Cc4cc(-c5cc6c(NC(C)c7cccc(C(F)F)c7F)nnc(C)c6cn5)ccc4F)CC3)cc2)[C@H]([2H])N1. The van der Waals surface area contributed by atoms with Crippen LogP contribution in [0.15, 0.2) is 85.2 Å². The number of nitrogens with zero attached hydrogens (tertiary/aromatic N) is 5. The van der Waals surface area contributed by atoms with Crippen molar-refractivity contribution < 1.29 is 20.3 Å². The highest BCUT2D eigenvalue weighted by atomic mass is 19.3. The fourth-order valence-electron chi connectivity index (χ4n) is 6.75. The lowest BCUT2D eigenvalue weighted by Crippen LogP contribution is -2.34. The van der Waals surface area contributed by atoms with Crippen molar-refractivity contribution in [2.45, 2.75) is 51.6 Å². The molecule has 0 bridgehead atoms. The predicted octanol–water partition coefficient (Wildman–Crippen LogP) is 8.65. The summed E-state index contributed by atoms with van der Waals surface area (Å²) in [7, 11) is 0. The molecule has 1 saturated heterocycles. The zero-order valence-corrected chi connectivity index (χ0v) is 27.8. The molecule has 258 valence electrons. The molecule has 2 aliphatic heterocycles. The van der Waals surface area contributed by atoms with Crippen LogP contribution in [-0.2, 0) is 6.54 Å². The van der Waals surface area contributed by atoms with Gasteiger partial charge in [-0.2, -0.15) is 5.10 Å². The number of rotatable bonds is 9. The van der Waals surface area contributed by atoms with Gasteiger partial charge in [0.05, 0.1) is 31.0 Å². The quantitative estimate of drug-likeness (QED) is 0.151. The lowest BCUT2D eigenvalue weighted by molar-refractivity contribution is 0.146. The second kappa shape index (κ2) is 14.5. The minimum Gasteiger partial charge on any atom is -0.361 e. The summed E-state index contributed by atoms with van der Waals surface area (Å²) in [6.07, 6.45) is 4.11. The minimum atomic E-state index is -2.93. The summed E-state index contributed by atoms with van der Waals surface area (Å²) in [5, 5.41) is 16.0. The number of hydrogen-bond donors (Lipinski definition) is 2. The summed E-state index contributed by atoms with van der Waals surface area (Å²) in [6, 6.07) is 18.3. The van der Waals surface area contributed by atoms with Gasteiger partial charge < -0.3 is 10.2 Å². The number of piperidine rings is 1. The highest BCUT2D eigenvalue weighted by molar-refractivity contribution is 5.94. The lowest BCUT2D eigenvalue weighted by atomic mass is 9.89. The van der Waals surface area contributed by atoms with Gasteiger partial charge in [-0.15, -0.1) is 5.10 Å². The van der Waals surface area contributed by atoms with Crippen molar-refractivity contribution in [3.05, 3.63) is 125 Å². The van der Waals surface area contributed by atoms with Gasteiger partial charge in [0.1, 0.15) is 11.6 Å². The number of aromatic nitrogens is 3. The molecular weight excluding hydrogens is 642 g/mol. The van der Waals surface area contributed by atoms with Crippen LogP contribution in [0.4, 0.5) is 29.1 Å². The molecule has 11 heteroatoms. The molecule has 1 fully saturated rings. The van der Waals surface area contributed by atoms with E-state index in [1.54, 1.807) is 43.3 Å². The van der Waals surface area contributed by atoms with Gasteiger partial charge in [-0.1, -0.05) is 36.4 Å². The molecule has 0 radical (unpaired) electrons. The number of alkyl halides is 2. The van der Waals surface area contributed by atoms with Crippen molar-refractivity contribution >= 4 is 22.3 Å². The Balaban J connectivity index is 1.05. The number of nitrogens with one attached hydrogen (secondary N) is 2. The van der Waals surface area contributed by atoms with Gasteiger partial charge in [0.25, 0.3) is 6.43 Å². The van der Waals surface area contributed by atoms with E-state index in [9.17, 15) is 13.2 Å². The molecule has 2 aromatic heterocycles. The van der Waals surface area contributed by atoms with Gasteiger partial charge in [-0.25, -0.2) is 17.6 Å². The van der Waals surface area contributed by atoms with E-state index in [0.29, 0.717) is 40.6 Å². The van der Waals surface area contributed by atoms with Crippen molar-refractivity contribution in [1.29, 1.82) is 0 Å². The zero-order valence-electron chi connectivity index (χ0n) is 29.8. The van der Waals surface area contributed by atoms with Crippen molar-refractivity contribution in [1.82, 2.24) is 25.4 Å². The third-order valence-corrected chi connectivity index (χ3v) is 9.60. The monoisotopic (exact) mass is 683 g/mol. The second-order valence-electron chi connectivity index (χ2n) is 12.8. The Morgan fingerprint density at radius 1 is 0.980 bits per heavy atom. The fourth-order valence-corrected chi connectivity index (χ4v) is 6.75. The van der Waals surface area contributed by atoms with Gasteiger partial charge in [-0.05, 0) is 87.7 Å². The molecule has 0 aliphatic carbocycles. The van der Waals surface area contributed by atoms with E-state index in [1.807, 2.05) is 24.3 Å². The van der Waals surface area contributed by atoms with Crippen LogP contribution in [0.3, 0.4) is 0 Å². The number of aryl methyl sites for hydroxylation is 1. The van der Waals surface area contributed by atoms with Crippen LogP contribution in [0, 0.1) is 18.6 Å². The number of hydrogen-bond acceptors (Lipinski definition) is 7. The first-order valence-corrected chi connectivity index (χ1v) is 16.7. The Bertz CT molecular complexity index is 2090. The number of fused-ring (bicyclic) bond motifs is 1. The van der Waals surface area contributed by atoms with E-state index in [4.69, 9.17) is 2.74 Å². The molecule has 3 atom stereocenters. The van der Waals surface area contributed by atoms with Gasteiger partial charge in [0.2, 0.25) is 0 Å². The summed E-state index contributed by atoms with van der Waals surface area (Å²) >= 11 is 0. The number of likely N-dealkylation sites (tertiary alicyclic amines) is 1. The third kappa shape index (κ3) is 7.06. The maximum absolute atomic E-state index is 15.2. The largest absolute Gasteiger partial charge is 0.361 e. The molecule has 3 aromatic carbocycles. The van der Waals surface area contributed by atoms with Crippen molar-refractivity contribution in [3.63, 3.8) is 0 Å². The first-order chi connectivity index (χ1) is 25.0. The maximum atomic E-state index is 15.2. The molecule has 0 amide bonds. The summed E-state index contributed by atoms with van der Waals surface area (Å²) in [6.45, 7) is 4.26. The number of halogens is 4. The molecule has 2 unspecified atom stereocenters. The van der Waals surface area contributed by atoms with Crippen molar-refractivity contribution in [2.75, 3.05) is 36.5 Å².